The zero-order chi connectivity index (χ0) is 19.6. The van der Waals surface area contributed by atoms with Crippen LogP contribution < -0.4 is 5.56 Å². The maximum atomic E-state index is 13.2. The first-order valence-corrected chi connectivity index (χ1v) is 8.99. The number of fused-ring (bicyclic) bond motifs is 4. The van der Waals surface area contributed by atoms with Crippen molar-refractivity contribution in [3.63, 3.8) is 0 Å². The zero-order valence-electron chi connectivity index (χ0n) is 15.8. The first kappa shape index (κ1) is 16.3. The van der Waals surface area contributed by atoms with E-state index in [1.54, 1.807) is 10.6 Å². The molecule has 5 aromatic rings. The first-order valence-electron chi connectivity index (χ1n) is 8.99. The van der Waals surface area contributed by atoms with E-state index in [-0.39, 0.29) is 11.1 Å². The number of nitriles is 1. The van der Waals surface area contributed by atoms with Crippen LogP contribution in [-0.4, -0.2) is 18.5 Å². The summed E-state index contributed by atoms with van der Waals surface area (Å²) < 4.78 is 5.61. The third-order valence-electron chi connectivity index (χ3n) is 5.28. The summed E-state index contributed by atoms with van der Waals surface area (Å²) in [5.41, 5.74) is 5.92. The summed E-state index contributed by atoms with van der Waals surface area (Å²) >= 11 is 0. The second-order valence-corrected chi connectivity index (χ2v) is 7.11. The van der Waals surface area contributed by atoms with Gasteiger partial charge in [-0.25, -0.2) is 4.98 Å². The average molecular weight is 367 g/mol. The van der Waals surface area contributed by atoms with E-state index in [0.717, 1.165) is 38.8 Å². The first-order chi connectivity index (χ1) is 13.5. The second-order valence-electron chi connectivity index (χ2n) is 7.11. The summed E-state index contributed by atoms with van der Waals surface area (Å²) in [6.07, 6.45) is 3.83. The van der Waals surface area contributed by atoms with E-state index in [9.17, 15) is 10.1 Å². The van der Waals surface area contributed by atoms with E-state index >= 15 is 0 Å². The molecule has 0 atom stereocenters. The largest absolute Gasteiger partial charge is 0.342 e. The van der Waals surface area contributed by atoms with Gasteiger partial charge in [0.1, 0.15) is 17.3 Å². The minimum Gasteiger partial charge on any atom is -0.342 e. The van der Waals surface area contributed by atoms with Crippen molar-refractivity contribution in [2.24, 2.45) is 7.05 Å². The summed E-state index contributed by atoms with van der Waals surface area (Å²) in [6, 6.07) is 13.6. The molecule has 0 spiro atoms. The maximum absolute atomic E-state index is 13.2. The topological polar surface area (TPSA) is 68.0 Å². The fraction of sp³-hybridized carbons (Fsp3) is 0.136. The highest BCUT2D eigenvalue weighted by atomic mass is 16.1. The van der Waals surface area contributed by atoms with Crippen LogP contribution in [0.5, 0.6) is 0 Å². The van der Waals surface area contributed by atoms with Crippen molar-refractivity contribution in [3.05, 3.63) is 76.0 Å². The van der Waals surface area contributed by atoms with Crippen LogP contribution in [0.1, 0.15) is 16.8 Å². The molecule has 28 heavy (non-hydrogen) atoms. The van der Waals surface area contributed by atoms with E-state index in [1.807, 2.05) is 72.6 Å². The zero-order valence-corrected chi connectivity index (χ0v) is 15.8. The Hall–Kier alpha value is -3.85. The Balaban J connectivity index is 2.02. The SMILES string of the molecule is Cc1cn2cc(-n3c(=O)c(C#N)cc4c3c3ccccc3n4C)cc(C)c2n1. The van der Waals surface area contributed by atoms with Crippen LogP contribution in [0.4, 0.5) is 0 Å². The van der Waals surface area contributed by atoms with Gasteiger partial charge in [0.25, 0.3) is 5.56 Å². The Morgan fingerprint density at radius 3 is 2.64 bits per heavy atom. The maximum Gasteiger partial charge on any atom is 0.273 e. The van der Waals surface area contributed by atoms with Gasteiger partial charge >= 0.3 is 0 Å². The highest BCUT2D eigenvalue weighted by Crippen LogP contribution is 2.29. The molecule has 5 rings (SSSR count). The molecule has 0 N–H and O–H groups in total. The monoisotopic (exact) mass is 367 g/mol. The highest BCUT2D eigenvalue weighted by molar-refractivity contribution is 6.06. The fourth-order valence-electron chi connectivity index (χ4n) is 4.03. The lowest BCUT2D eigenvalue weighted by atomic mass is 10.2. The summed E-state index contributed by atoms with van der Waals surface area (Å²) in [4.78, 5) is 17.8. The molecule has 6 nitrogen and oxygen atoms in total. The Labute approximate surface area is 160 Å². The van der Waals surface area contributed by atoms with Crippen LogP contribution in [0.3, 0.4) is 0 Å². The number of aromatic nitrogens is 4. The van der Waals surface area contributed by atoms with Crippen LogP contribution >= 0.6 is 0 Å². The molecule has 0 aliphatic rings. The summed E-state index contributed by atoms with van der Waals surface area (Å²) in [5, 5.41) is 10.5. The molecule has 0 saturated carbocycles. The van der Waals surface area contributed by atoms with E-state index in [0.29, 0.717) is 5.69 Å². The number of nitrogens with zero attached hydrogens (tertiary/aromatic N) is 5. The molecule has 4 heterocycles. The minimum atomic E-state index is -0.318. The van der Waals surface area contributed by atoms with Crippen molar-refractivity contribution >= 4 is 27.6 Å². The van der Waals surface area contributed by atoms with Crippen molar-refractivity contribution in [1.82, 2.24) is 18.5 Å². The van der Waals surface area contributed by atoms with Gasteiger partial charge in [0, 0.05) is 24.8 Å². The number of benzene rings is 1. The van der Waals surface area contributed by atoms with E-state index in [2.05, 4.69) is 11.1 Å². The van der Waals surface area contributed by atoms with Crippen LogP contribution in [0.25, 0.3) is 33.3 Å². The number of hydrogen-bond donors (Lipinski definition) is 0. The van der Waals surface area contributed by atoms with Crippen LogP contribution in [0.2, 0.25) is 0 Å². The second kappa shape index (κ2) is 5.57. The van der Waals surface area contributed by atoms with Gasteiger partial charge in [-0.2, -0.15) is 5.26 Å². The number of aryl methyl sites for hydroxylation is 3. The Bertz CT molecular complexity index is 1520. The fourth-order valence-corrected chi connectivity index (χ4v) is 4.03. The number of pyridine rings is 2. The number of rotatable bonds is 1. The molecule has 4 aromatic heterocycles. The molecule has 0 radical (unpaired) electrons. The lowest BCUT2D eigenvalue weighted by Gasteiger charge is -2.11. The van der Waals surface area contributed by atoms with Gasteiger partial charge in [0.05, 0.1) is 27.9 Å². The molecule has 0 saturated heterocycles. The van der Waals surface area contributed by atoms with Gasteiger partial charge in [-0.3, -0.25) is 9.36 Å². The predicted octanol–water partition coefficient (Wildman–Crippen LogP) is 3.62. The van der Waals surface area contributed by atoms with Gasteiger partial charge in [-0.05, 0) is 37.6 Å². The molecule has 0 aliphatic carbocycles. The van der Waals surface area contributed by atoms with Crippen LogP contribution in [-0.2, 0) is 7.05 Å². The molecule has 1 aromatic carbocycles. The van der Waals surface area contributed by atoms with E-state index in [1.165, 1.54) is 0 Å². The van der Waals surface area contributed by atoms with Crippen molar-refractivity contribution in [1.29, 1.82) is 5.26 Å². The summed E-state index contributed by atoms with van der Waals surface area (Å²) in [6.45, 7) is 3.92. The quantitative estimate of drug-likeness (QED) is 0.454. The molecule has 6 heteroatoms. The normalized spacial score (nSPS) is 11.5. The predicted molar refractivity (Wildman–Crippen MR) is 109 cm³/mol. The molecule has 0 bridgehead atoms. The third-order valence-corrected chi connectivity index (χ3v) is 5.28. The van der Waals surface area contributed by atoms with Crippen molar-refractivity contribution in [2.75, 3.05) is 0 Å². The molecular weight excluding hydrogens is 350 g/mol. The van der Waals surface area contributed by atoms with E-state index < -0.39 is 0 Å². The van der Waals surface area contributed by atoms with E-state index in [4.69, 9.17) is 0 Å². The van der Waals surface area contributed by atoms with Gasteiger partial charge in [-0.1, -0.05) is 18.2 Å². The van der Waals surface area contributed by atoms with Gasteiger partial charge in [-0.15, -0.1) is 0 Å². The molecular formula is C22H17N5O. The highest BCUT2D eigenvalue weighted by Gasteiger charge is 2.18. The van der Waals surface area contributed by atoms with Gasteiger partial charge in [0.2, 0.25) is 0 Å². The lowest BCUT2D eigenvalue weighted by Crippen LogP contribution is -2.22. The van der Waals surface area contributed by atoms with Crippen LogP contribution in [0, 0.1) is 25.2 Å². The molecule has 0 fully saturated rings. The number of para-hydroxylation sites is 1. The van der Waals surface area contributed by atoms with Crippen molar-refractivity contribution in [2.45, 2.75) is 13.8 Å². The molecule has 0 amide bonds. The minimum absolute atomic E-state index is 0.123. The Kier molecular flexibility index (Phi) is 3.25. The molecule has 0 aliphatic heterocycles. The average Bonchev–Trinajstić information content (AvgIpc) is 3.19. The van der Waals surface area contributed by atoms with Crippen molar-refractivity contribution < 1.29 is 0 Å². The lowest BCUT2D eigenvalue weighted by molar-refractivity contribution is 0.979. The molecule has 0 unspecified atom stereocenters. The Morgan fingerprint density at radius 2 is 1.86 bits per heavy atom. The molecule has 136 valence electrons. The Morgan fingerprint density at radius 1 is 1.07 bits per heavy atom. The van der Waals surface area contributed by atoms with Crippen molar-refractivity contribution in [3.8, 4) is 11.8 Å². The summed E-state index contributed by atoms with van der Waals surface area (Å²) in [7, 11) is 1.95. The number of imidazole rings is 1. The van der Waals surface area contributed by atoms with Crippen LogP contribution in [0.15, 0.2) is 53.6 Å². The smallest absolute Gasteiger partial charge is 0.273 e. The summed E-state index contributed by atoms with van der Waals surface area (Å²) in [5.74, 6) is 0. The number of hydrogen-bond acceptors (Lipinski definition) is 3. The third kappa shape index (κ3) is 2.07. The van der Waals surface area contributed by atoms with Gasteiger partial charge in [0.15, 0.2) is 0 Å². The van der Waals surface area contributed by atoms with Gasteiger partial charge < -0.3 is 8.97 Å². The standard InChI is InChI=1S/C22H17N5O/c1-13-8-16(12-26-11-14(2)24-21(13)26)27-20-17-6-4-5-7-18(17)25(3)19(20)9-15(10-23)22(27)28/h4-9,11-12H,1-3H3.